The van der Waals surface area contributed by atoms with Crippen molar-refractivity contribution in [3.05, 3.63) is 34.3 Å². The number of ether oxygens (including phenoxy) is 1. The lowest BCUT2D eigenvalue weighted by atomic mass is 9.98. The average Bonchev–Trinajstić information content (AvgIpc) is 2.94. The van der Waals surface area contributed by atoms with Gasteiger partial charge in [-0.15, -0.1) is 0 Å². The number of hydrogen-bond donors (Lipinski definition) is 1. The molecule has 2 rings (SSSR count). The van der Waals surface area contributed by atoms with E-state index < -0.39 is 11.9 Å². The second-order valence-electron chi connectivity index (χ2n) is 5.48. The van der Waals surface area contributed by atoms with Crippen molar-refractivity contribution < 1.29 is 14.6 Å². The van der Waals surface area contributed by atoms with E-state index in [4.69, 9.17) is 4.74 Å². The first-order valence-electron chi connectivity index (χ1n) is 7.37. The van der Waals surface area contributed by atoms with Crippen molar-refractivity contribution in [1.82, 2.24) is 4.90 Å². The molecule has 0 spiro atoms. The van der Waals surface area contributed by atoms with Crippen LogP contribution < -0.4 is 0 Å². The fourth-order valence-electron chi connectivity index (χ4n) is 3.00. The Hall–Kier alpha value is -0.910. The van der Waals surface area contributed by atoms with Crippen LogP contribution in [0.15, 0.2) is 28.7 Å². The Kier molecular flexibility index (Phi) is 5.79. The molecule has 1 aromatic rings. The largest absolute Gasteiger partial charge is 0.481 e. The summed E-state index contributed by atoms with van der Waals surface area (Å²) in [5.41, 5.74) is 1.18. The summed E-state index contributed by atoms with van der Waals surface area (Å²) in [5, 5.41) is 9.39. The van der Waals surface area contributed by atoms with Crippen LogP contribution in [0.5, 0.6) is 0 Å². The molecule has 0 saturated carbocycles. The first-order valence-corrected chi connectivity index (χ1v) is 8.16. The topological polar surface area (TPSA) is 49.8 Å². The SMILES string of the molecule is CCCN(C(C)c1ccccc1Br)C1COCC1C(=O)O. The Morgan fingerprint density at radius 1 is 1.48 bits per heavy atom. The van der Waals surface area contributed by atoms with Crippen molar-refractivity contribution in [1.29, 1.82) is 0 Å². The second-order valence-corrected chi connectivity index (χ2v) is 6.34. The molecular weight excluding hydrogens is 334 g/mol. The van der Waals surface area contributed by atoms with Crippen LogP contribution in [0.3, 0.4) is 0 Å². The molecule has 1 N–H and O–H groups in total. The van der Waals surface area contributed by atoms with Crippen LogP contribution in [0.1, 0.15) is 31.9 Å². The number of nitrogens with zero attached hydrogens (tertiary/aromatic N) is 1. The highest BCUT2D eigenvalue weighted by Crippen LogP contribution is 2.32. The van der Waals surface area contributed by atoms with E-state index in [1.54, 1.807) is 0 Å². The van der Waals surface area contributed by atoms with Gasteiger partial charge in [0.1, 0.15) is 0 Å². The molecule has 1 heterocycles. The van der Waals surface area contributed by atoms with Crippen LogP contribution in [0, 0.1) is 5.92 Å². The molecule has 5 heteroatoms. The lowest BCUT2D eigenvalue weighted by Crippen LogP contribution is -2.44. The monoisotopic (exact) mass is 355 g/mol. The normalized spacial score (nSPS) is 23.4. The minimum Gasteiger partial charge on any atom is -0.481 e. The number of hydrogen-bond acceptors (Lipinski definition) is 3. The molecule has 4 nitrogen and oxygen atoms in total. The summed E-state index contributed by atoms with van der Waals surface area (Å²) in [5.74, 6) is -1.21. The molecule has 116 valence electrons. The third kappa shape index (κ3) is 3.65. The lowest BCUT2D eigenvalue weighted by molar-refractivity contribution is -0.143. The molecule has 1 aromatic carbocycles. The van der Waals surface area contributed by atoms with E-state index >= 15 is 0 Å². The van der Waals surface area contributed by atoms with E-state index in [0.29, 0.717) is 13.2 Å². The Bertz CT molecular complexity index is 494. The number of carbonyl (C=O) groups is 1. The van der Waals surface area contributed by atoms with Gasteiger partial charge in [-0.2, -0.15) is 0 Å². The van der Waals surface area contributed by atoms with Crippen molar-refractivity contribution in [2.24, 2.45) is 5.92 Å². The van der Waals surface area contributed by atoms with Crippen molar-refractivity contribution in [3.63, 3.8) is 0 Å². The van der Waals surface area contributed by atoms with Gasteiger partial charge < -0.3 is 9.84 Å². The first kappa shape index (κ1) is 16.5. The van der Waals surface area contributed by atoms with Crippen LogP contribution in [0.2, 0.25) is 0 Å². The van der Waals surface area contributed by atoms with E-state index in [1.165, 1.54) is 5.56 Å². The number of rotatable bonds is 6. The van der Waals surface area contributed by atoms with Gasteiger partial charge in [0.15, 0.2) is 0 Å². The van der Waals surface area contributed by atoms with Crippen LogP contribution in [0.4, 0.5) is 0 Å². The standard InChI is InChI=1S/C16H22BrNO3/c1-3-8-18(15-10-21-9-13(15)16(19)20)11(2)12-6-4-5-7-14(12)17/h4-7,11,13,15H,3,8-10H2,1-2H3,(H,19,20). The fraction of sp³-hybridized carbons (Fsp3) is 0.562. The summed E-state index contributed by atoms with van der Waals surface area (Å²) in [6, 6.07) is 8.20. The molecule has 1 saturated heterocycles. The van der Waals surface area contributed by atoms with E-state index in [9.17, 15) is 9.90 Å². The van der Waals surface area contributed by atoms with Gasteiger partial charge in [-0.1, -0.05) is 41.1 Å². The Morgan fingerprint density at radius 2 is 2.19 bits per heavy atom. The van der Waals surface area contributed by atoms with Crippen molar-refractivity contribution >= 4 is 21.9 Å². The molecule has 1 aliphatic heterocycles. The maximum Gasteiger partial charge on any atom is 0.310 e. The molecule has 0 radical (unpaired) electrons. The van der Waals surface area contributed by atoms with Gasteiger partial charge in [-0.3, -0.25) is 9.69 Å². The highest BCUT2D eigenvalue weighted by atomic mass is 79.9. The number of benzene rings is 1. The third-order valence-corrected chi connectivity index (χ3v) is 4.85. The lowest BCUT2D eigenvalue weighted by Gasteiger charge is -2.36. The van der Waals surface area contributed by atoms with Crippen molar-refractivity contribution in [3.8, 4) is 0 Å². The van der Waals surface area contributed by atoms with Crippen LogP contribution in [0.25, 0.3) is 0 Å². The highest BCUT2D eigenvalue weighted by Gasteiger charge is 2.39. The van der Waals surface area contributed by atoms with Crippen LogP contribution >= 0.6 is 15.9 Å². The van der Waals surface area contributed by atoms with Crippen molar-refractivity contribution in [2.45, 2.75) is 32.4 Å². The summed E-state index contributed by atoms with van der Waals surface area (Å²) < 4.78 is 6.50. The zero-order valence-corrected chi connectivity index (χ0v) is 14.0. The van der Waals surface area contributed by atoms with Gasteiger partial charge in [0, 0.05) is 16.6 Å². The molecule has 0 bridgehead atoms. The zero-order chi connectivity index (χ0) is 15.4. The molecular formula is C16H22BrNO3. The van der Waals surface area contributed by atoms with Gasteiger partial charge in [-0.25, -0.2) is 0 Å². The summed E-state index contributed by atoms with van der Waals surface area (Å²) in [6.45, 7) is 5.91. The average molecular weight is 356 g/mol. The quantitative estimate of drug-likeness (QED) is 0.850. The smallest absolute Gasteiger partial charge is 0.310 e. The summed E-state index contributed by atoms with van der Waals surface area (Å²) in [7, 11) is 0. The van der Waals surface area contributed by atoms with Gasteiger partial charge in [0.05, 0.1) is 19.1 Å². The molecule has 3 unspecified atom stereocenters. The number of carboxylic acid groups (broad SMARTS) is 1. The Balaban J connectivity index is 2.26. The summed E-state index contributed by atoms with van der Waals surface area (Å²) in [4.78, 5) is 13.7. The van der Waals surface area contributed by atoms with Gasteiger partial charge in [0.2, 0.25) is 0 Å². The number of aliphatic carboxylic acids is 1. The van der Waals surface area contributed by atoms with E-state index in [-0.39, 0.29) is 12.1 Å². The van der Waals surface area contributed by atoms with E-state index in [1.807, 2.05) is 18.2 Å². The van der Waals surface area contributed by atoms with Crippen molar-refractivity contribution in [2.75, 3.05) is 19.8 Å². The van der Waals surface area contributed by atoms with Gasteiger partial charge in [0.25, 0.3) is 0 Å². The fourth-order valence-corrected chi connectivity index (χ4v) is 3.62. The summed E-state index contributed by atoms with van der Waals surface area (Å²) in [6.07, 6.45) is 0.984. The van der Waals surface area contributed by atoms with Crippen LogP contribution in [-0.2, 0) is 9.53 Å². The highest BCUT2D eigenvalue weighted by molar-refractivity contribution is 9.10. The summed E-state index contributed by atoms with van der Waals surface area (Å²) >= 11 is 3.59. The third-order valence-electron chi connectivity index (χ3n) is 4.13. The maximum absolute atomic E-state index is 11.4. The minimum atomic E-state index is -0.766. The van der Waals surface area contributed by atoms with E-state index in [0.717, 1.165) is 17.4 Å². The molecule has 3 atom stereocenters. The molecule has 0 aromatic heterocycles. The van der Waals surface area contributed by atoms with Gasteiger partial charge in [-0.05, 0) is 31.5 Å². The molecule has 0 aliphatic carbocycles. The minimum absolute atomic E-state index is 0.0652. The molecule has 0 amide bonds. The predicted molar refractivity (Wildman–Crippen MR) is 85.3 cm³/mol. The van der Waals surface area contributed by atoms with Crippen LogP contribution in [-0.4, -0.2) is 41.8 Å². The number of carboxylic acids is 1. The van der Waals surface area contributed by atoms with E-state index in [2.05, 4.69) is 40.7 Å². The Labute approximate surface area is 134 Å². The molecule has 1 aliphatic rings. The molecule has 1 fully saturated rings. The predicted octanol–water partition coefficient (Wildman–Crippen LogP) is 3.32. The number of halogens is 1. The first-order chi connectivity index (χ1) is 10.1. The maximum atomic E-state index is 11.4. The second kappa shape index (κ2) is 7.38. The molecule has 21 heavy (non-hydrogen) atoms. The van der Waals surface area contributed by atoms with Gasteiger partial charge >= 0.3 is 5.97 Å². The zero-order valence-electron chi connectivity index (χ0n) is 12.5. The Morgan fingerprint density at radius 3 is 2.81 bits per heavy atom.